The Morgan fingerprint density at radius 2 is 1.70 bits per heavy atom. The molecule has 10 nitrogen and oxygen atoms in total. The molecule has 0 saturated carbocycles. The molecule has 0 heterocycles. The largest absolute Gasteiger partial charge is 0.391 e. The molecule has 0 aromatic carbocycles. The molecule has 0 aromatic rings. The summed E-state index contributed by atoms with van der Waals surface area (Å²) in [5, 5.41) is 14.9. The Labute approximate surface area is 161 Å². The quantitative estimate of drug-likeness (QED) is 0.0731. The number of amides is 1. The Morgan fingerprint density at radius 1 is 1.11 bits per heavy atom. The van der Waals surface area contributed by atoms with Gasteiger partial charge in [-0.3, -0.25) is 14.9 Å². The van der Waals surface area contributed by atoms with E-state index in [0.717, 1.165) is 0 Å². The number of hydrogen-bond donors (Lipinski definition) is 7. The summed E-state index contributed by atoms with van der Waals surface area (Å²) in [5.41, 5.74) is 16.7. The zero-order valence-corrected chi connectivity index (χ0v) is 16.7. The van der Waals surface area contributed by atoms with Crippen molar-refractivity contribution in [1.82, 2.24) is 21.5 Å². The number of carbonyl (C=O) groups is 3. The van der Waals surface area contributed by atoms with Crippen LogP contribution in [0.3, 0.4) is 0 Å². The first kappa shape index (κ1) is 25.6. The number of rotatable bonds is 15. The number of hydrogen-bond acceptors (Lipinski definition) is 9. The lowest BCUT2D eigenvalue weighted by Gasteiger charge is -2.25. The molecule has 0 aromatic heterocycles. The SMILES string of the molecule is CC(=O)[C@H](CC(C)C)NN[C@@H](CCCNC(N)N)C(=O)N[C@H](C=O)[C@@H](C)O. The third-order valence-corrected chi connectivity index (χ3v) is 3.97. The van der Waals surface area contributed by atoms with Crippen LogP contribution in [-0.2, 0) is 14.4 Å². The van der Waals surface area contributed by atoms with Gasteiger partial charge in [-0.05, 0) is 45.6 Å². The van der Waals surface area contributed by atoms with Crippen LogP contribution in [0.5, 0.6) is 0 Å². The minimum atomic E-state index is -1.01. The lowest BCUT2D eigenvalue weighted by molar-refractivity contribution is -0.128. The molecule has 0 spiro atoms. The topological polar surface area (TPSA) is 172 Å². The highest BCUT2D eigenvalue weighted by atomic mass is 16.3. The van der Waals surface area contributed by atoms with Crippen LogP contribution in [-0.4, -0.2) is 60.1 Å². The van der Waals surface area contributed by atoms with E-state index in [1.807, 2.05) is 13.8 Å². The molecular formula is C17H36N6O4. The maximum Gasteiger partial charge on any atom is 0.239 e. The fourth-order valence-corrected chi connectivity index (χ4v) is 2.38. The third-order valence-electron chi connectivity index (χ3n) is 3.97. The highest BCUT2D eigenvalue weighted by Gasteiger charge is 2.25. The van der Waals surface area contributed by atoms with Crippen molar-refractivity contribution in [2.24, 2.45) is 17.4 Å². The second-order valence-electron chi connectivity index (χ2n) is 7.17. The average Bonchev–Trinajstić information content (AvgIpc) is 2.56. The van der Waals surface area contributed by atoms with E-state index < -0.39 is 36.4 Å². The molecule has 9 N–H and O–H groups in total. The molecule has 4 atom stereocenters. The van der Waals surface area contributed by atoms with Gasteiger partial charge >= 0.3 is 0 Å². The van der Waals surface area contributed by atoms with Crippen molar-refractivity contribution in [2.45, 2.75) is 77.5 Å². The van der Waals surface area contributed by atoms with E-state index in [4.69, 9.17) is 11.5 Å². The molecule has 0 aliphatic carbocycles. The molecule has 0 radical (unpaired) electrons. The number of Topliss-reactive ketones (excluding diaryl/α,β-unsaturated/α-hetero) is 1. The minimum Gasteiger partial charge on any atom is -0.391 e. The lowest BCUT2D eigenvalue weighted by Crippen LogP contribution is -2.57. The number of aliphatic hydroxyl groups is 1. The minimum absolute atomic E-state index is 0.0409. The molecule has 0 fully saturated rings. The predicted octanol–water partition coefficient (Wildman–Crippen LogP) is -1.91. The van der Waals surface area contributed by atoms with Crippen LogP contribution in [0, 0.1) is 5.92 Å². The van der Waals surface area contributed by atoms with E-state index >= 15 is 0 Å². The van der Waals surface area contributed by atoms with Crippen LogP contribution in [0.15, 0.2) is 0 Å². The molecule has 0 aliphatic heterocycles. The summed E-state index contributed by atoms with van der Waals surface area (Å²) in [4.78, 5) is 35.3. The van der Waals surface area contributed by atoms with Crippen molar-refractivity contribution in [1.29, 1.82) is 0 Å². The Kier molecular flexibility index (Phi) is 13.0. The molecule has 158 valence electrons. The monoisotopic (exact) mass is 388 g/mol. The van der Waals surface area contributed by atoms with Crippen LogP contribution in [0.1, 0.15) is 47.0 Å². The third kappa shape index (κ3) is 11.8. The van der Waals surface area contributed by atoms with Gasteiger partial charge in [-0.15, -0.1) is 0 Å². The first-order valence-electron chi connectivity index (χ1n) is 9.28. The lowest BCUT2D eigenvalue weighted by atomic mass is 10.0. The maximum absolute atomic E-state index is 12.5. The highest BCUT2D eigenvalue weighted by Crippen LogP contribution is 2.06. The fraction of sp³-hybridized carbons (Fsp3) is 0.824. The number of nitrogens with one attached hydrogen (secondary N) is 4. The zero-order chi connectivity index (χ0) is 21.0. The Morgan fingerprint density at radius 3 is 2.15 bits per heavy atom. The van der Waals surface area contributed by atoms with E-state index in [-0.39, 0.29) is 5.78 Å². The summed E-state index contributed by atoms with van der Waals surface area (Å²) < 4.78 is 0. The number of hydrazine groups is 1. The van der Waals surface area contributed by atoms with Gasteiger partial charge in [-0.1, -0.05) is 13.8 Å². The summed E-state index contributed by atoms with van der Waals surface area (Å²) in [7, 11) is 0. The fourth-order valence-electron chi connectivity index (χ4n) is 2.38. The molecule has 0 rings (SSSR count). The molecule has 10 heteroatoms. The average molecular weight is 389 g/mol. The molecule has 27 heavy (non-hydrogen) atoms. The summed E-state index contributed by atoms with van der Waals surface area (Å²) in [5.74, 6) is -0.198. The van der Waals surface area contributed by atoms with Gasteiger partial charge in [0.15, 0.2) is 0 Å². The van der Waals surface area contributed by atoms with Crippen LogP contribution in [0.4, 0.5) is 0 Å². The number of aldehydes is 1. The Bertz CT molecular complexity index is 459. The van der Waals surface area contributed by atoms with E-state index in [0.29, 0.717) is 38.0 Å². The van der Waals surface area contributed by atoms with Gasteiger partial charge in [0.1, 0.15) is 24.4 Å². The van der Waals surface area contributed by atoms with Crippen LogP contribution in [0.2, 0.25) is 0 Å². The Balaban J connectivity index is 4.91. The summed E-state index contributed by atoms with van der Waals surface area (Å²) >= 11 is 0. The number of ketones is 1. The number of nitrogens with two attached hydrogens (primary N) is 2. The molecule has 0 saturated heterocycles. The van der Waals surface area contributed by atoms with Crippen molar-refractivity contribution in [2.75, 3.05) is 6.54 Å². The van der Waals surface area contributed by atoms with Crippen molar-refractivity contribution in [3.63, 3.8) is 0 Å². The van der Waals surface area contributed by atoms with E-state index in [1.54, 1.807) is 0 Å². The van der Waals surface area contributed by atoms with Gasteiger partial charge in [-0.2, -0.15) is 0 Å². The van der Waals surface area contributed by atoms with Crippen LogP contribution in [0.25, 0.3) is 0 Å². The molecule has 0 aliphatic rings. The number of carbonyl (C=O) groups excluding carboxylic acids is 3. The summed E-state index contributed by atoms with van der Waals surface area (Å²) in [6.45, 7) is 7.40. The summed E-state index contributed by atoms with van der Waals surface area (Å²) in [6, 6.07) is -2.15. The van der Waals surface area contributed by atoms with Gasteiger partial charge in [-0.25, -0.2) is 10.9 Å². The van der Waals surface area contributed by atoms with Gasteiger partial charge in [0.25, 0.3) is 0 Å². The van der Waals surface area contributed by atoms with Crippen molar-refractivity contribution >= 4 is 18.0 Å². The second-order valence-corrected chi connectivity index (χ2v) is 7.17. The van der Waals surface area contributed by atoms with Gasteiger partial charge in [0.05, 0.1) is 18.2 Å². The highest BCUT2D eigenvalue weighted by molar-refractivity contribution is 5.85. The summed E-state index contributed by atoms with van der Waals surface area (Å²) in [6.07, 6.45) is 0.418. The van der Waals surface area contributed by atoms with Crippen molar-refractivity contribution in [3.8, 4) is 0 Å². The molecular weight excluding hydrogens is 352 g/mol. The zero-order valence-electron chi connectivity index (χ0n) is 16.7. The van der Waals surface area contributed by atoms with Crippen LogP contribution < -0.4 is 33.0 Å². The van der Waals surface area contributed by atoms with E-state index in [2.05, 4.69) is 21.5 Å². The second kappa shape index (κ2) is 13.7. The standard InChI is InChI=1S/C17H36N6O4/c1-10(2)8-14(11(3)25)23-22-13(6-5-7-20-17(18)19)16(27)21-15(9-24)12(4)26/h9-10,12-15,17,20,22-23,26H,5-8,18-19H2,1-4H3,(H,21,27)/t12-,13+,14+,15-/m1/s1. The van der Waals surface area contributed by atoms with Crippen molar-refractivity contribution < 1.29 is 19.5 Å². The molecule has 0 unspecified atom stereocenters. The normalized spacial score (nSPS) is 16.0. The smallest absolute Gasteiger partial charge is 0.239 e. The first-order chi connectivity index (χ1) is 12.6. The first-order valence-corrected chi connectivity index (χ1v) is 9.28. The van der Waals surface area contributed by atoms with E-state index in [9.17, 15) is 19.5 Å². The van der Waals surface area contributed by atoms with Crippen molar-refractivity contribution in [3.05, 3.63) is 0 Å². The van der Waals surface area contributed by atoms with Crippen LogP contribution >= 0.6 is 0 Å². The van der Waals surface area contributed by atoms with Gasteiger partial charge in [0, 0.05) is 0 Å². The maximum atomic E-state index is 12.5. The van der Waals surface area contributed by atoms with E-state index in [1.165, 1.54) is 13.8 Å². The van der Waals surface area contributed by atoms with Gasteiger partial charge < -0.3 is 26.7 Å². The predicted molar refractivity (Wildman–Crippen MR) is 103 cm³/mol. The van der Waals surface area contributed by atoms with Gasteiger partial charge in [0.2, 0.25) is 5.91 Å². The number of aliphatic hydroxyl groups excluding tert-OH is 1. The molecule has 0 bridgehead atoms. The Hall–Kier alpha value is -1.43. The molecule has 1 amide bonds.